The van der Waals surface area contributed by atoms with E-state index in [1.165, 1.54) is 17.0 Å². The van der Waals surface area contributed by atoms with Crippen LogP contribution in [0.1, 0.15) is 28.9 Å². The van der Waals surface area contributed by atoms with Crippen LogP contribution in [0.4, 0.5) is 0 Å². The highest BCUT2D eigenvalue weighted by molar-refractivity contribution is 7.90. The molecule has 0 saturated heterocycles. The summed E-state index contributed by atoms with van der Waals surface area (Å²) in [6.07, 6.45) is 1.11. The van der Waals surface area contributed by atoms with Gasteiger partial charge in [0.05, 0.1) is 10.9 Å². The number of halogens is 2. The van der Waals surface area contributed by atoms with E-state index in [2.05, 4.69) is 0 Å². The third-order valence-corrected chi connectivity index (χ3v) is 5.50. The van der Waals surface area contributed by atoms with Crippen LogP contribution in [-0.2, 0) is 9.84 Å². The summed E-state index contributed by atoms with van der Waals surface area (Å²) < 4.78 is 23.3. The molecule has 2 aromatic carbocycles. The maximum atomic E-state index is 12.7. The average molecular weight is 386 g/mol. The fraction of sp³-hybridized carbons (Fsp3) is 0.235. The van der Waals surface area contributed by atoms with E-state index < -0.39 is 9.84 Å². The standard InChI is InChI=1S/C17H17Cl2NO3S/c1-11(15-8-7-13(18)10-16(15)19)20(2)17(21)12-5-4-6-14(9-12)24(3,22)23/h4-11H,1-3H3. The lowest BCUT2D eigenvalue weighted by Gasteiger charge is -2.26. The molecule has 2 rings (SSSR count). The van der Waals surface area contributed by atoms with Crippen molar-refractivity contribution in [1.29, 1.82) is 0 Å². The SMILES string of the molecule is CC(c1ccc(Cl)cc1Cl)N(C)C(=O)c1cccc(S(C)(=O)=O)c1. The first kappa shape index (κ1) is 18.8. The molecule has 0 saturated carbocycles. The average Bonchev–Trinajstić information content (AvgIpc) is 2.52. The number of amides is 1. The van der Waals surface area contributed by atoms with Crippen LogP contribution in [0.15, 0.2) is 47.4 Å². The second-order valence-corrected chi connectivity index (χ2v) is 8.42. The Bertz CT molecular complexity index is 881. The predicted molar refractivity (Wildman–Crippen MR) is 96.5 cm³/mol. The van der Waals surface area contributed by atoms with Crippen molar-refractivity contribution >= 4 is 38.9 Å². The highest BCUT2D eigenvalue weighted by atomic mass is 35.5. The van der Waals surface area contributed by atoms with E-state index in [1.807, 2.05) is 6.92 Å². The monoisotopic (exact) mass is 385 g/mol. The number of sulfone groups is 1. The molecule has 0 bridgehead atoms. The zero-order valence-corrected chi connectivity index (χ0v) is 15.8. The minimum Gasteiger partial charge on any atom is -0.335 e. The Morgan fingerprint density at radius 3 is 2.38 bits per heavy atom. The highest BCUT2D eigenvalue weighted by Gasteiger charge is 2.22. The number of rotatable bonds is 4. The highest BCUT2D eigenvalue weighted by Crippen LogP contribution is 2.30. The molecule has 0 N–H and O–H groups in total. The molecule has 0 radical (unpaired) electrons. The fourth-order valence-electron chi connectivity index (χ4n) is 2.29. The van der Waals surface area contributed by atoms with Gasteiger partial charge in [0.2, 0.25) is 0 Å². The van der Waals surface area contributed by atoms with Crippen molar-refractivity contribution in [3.8, 4) is 0 Å². The summed E-state index contributed by atoms with van der Waals surface area (Å²) >= 11 is 12.1. The molecule has 0 aliphatic carbocycles. The van der Waals surface area contributed by atoms with Crippen molar-refractivity contribution in [2.24, 2.45) is 0 Å². The van der Waals surface area contributed by atoms with Gasteiger partial charge < -0.3 is 4.90 Å². The van der Waals surface area contributed by atoms with Gasteiger partial charge in [0.15, 0.2) is 9.84 Å². The second-order valence-electron chi connectivity index (χ2n) is 5.56. The summed E-state index contributed by atoms with van der Waals surface area (Å²) in [6, 6.07) is 10.8. The van der Waals surface area contributed by atoms with Crippen LogP contribution in [0.5, 0.6) is 0 Å². The first-order valence-corrected chi connectivity index (χ1v) is 9.78. The maximum Gasteiger partial charge on any atom is 0.254 e. The lowest BCUT2D eigenvalue weighted by Crippen LogP contribution is -2.30. The molecule has 4 nitrogen and oxygen atoms in total. The number of carbonyl (C=O) groups is 1. The Kier molecular flexibility index (Phi) is 5.58. The molecule has 0 spiro atoms. The van der Waals surface area contributed by atoms with Gasteiger partial charge in [0, 0.05) is 28.9 Å². The fourth-order valence-corrected chi connectivity index (χ4v) is 3.52. The third kappa shape index (κ3) is 4.09. The Balaban J connectivity index is 2.32. The first-order valence-electron chi connectivity index (χ1n) is 7.13. The van der Waals surface area contributed by atoms with Crippen LogP contribution in [0.3, 0.4) is 0 Å². The maximum absolute atomic E-state index is 12.7. The number of carbonyl (C=O) groups excluding carboxylic acids is 1. The molecule has 1 unspecified atom stereocenters. The van der Waals surface area contributed by atoms with Crippen LogP contribution in [0.25, 0.3) is 0 Å². The van der Waals surface area contributed by atoms with Gasteiger partial charge in [0.1, 0.15) is 0 Å². The van der Waals surface area contributed by atoms with E-state index >= 15 is 0 Å². The Labute approximate surface area is 151 Å². The molecule has 128 valence electrons. The van der Waals surface area contributed by atoms with Crippen molar-refractivity contribution in [3.63, 3.8) is 0 Å². The summed E-state index contributed by atoms with van der Waals surface area (Å²) in [4.78, 5) is 14.3. The molecule has 2 aromatic rings. The summed E-state index contributed by atoms with van der Waals surface area (Å²) in [5.41, 5.74) is 1.06. The zero-order valence-electron chi connectivity index (χ0n) is 13.5. The summed E-state index contributed by atoms with van der Waals surface area (Å²) in [7, 11) is -1.73. The summed E-state index contributed by atoms with van der Waals surface area (Å²) in [5, 5.41) is 0.991. The van der Waals surface area contributed by atoms with Crippen LogP contribution >= 0.6 is 23.2 Å². The number of hydrogen-bond acceptors (Lipinski definition) is 3. The van der Waals surface area contributed by atoms with Gasteiger partial charge >= 0.3 is 0 Å². The number of hydrogen-bond donors (Lipinski definition) is 0. The molecule has 1 atom stereocenters. The van der Waals surface area contributed by atoms with Crippen LogP contribution in [0, 0.1) is 0 Å². The molecule has 0 aromatic heterocycles. The Hall–Kier alpha value is -1.56. The van der Waals surface area contributed by atoms with E-state index in [1.54, 1.807) is 37.4 Å². The molecule has 1 amide bonds. The van der Waals surface area contributed by atoms with Gasteiger partial charge in [-0.1, -0.05) is 35.3 Å². The van der Waals surface area contributed by atoms with Crippen LogP contribution in [-0.4, -0.2) is 32.5 Å². The third-order valence-electron chi connectivity index (χ3n) is 3.82. The van der Waals surface area contributed by atoms with Gasteiger partial charge in [-0.05, 0) is 42.8 Å². The molecular weight excluding hydrogens is 369 g/mol. The Morgan fingerprint density at radius 2 is 1.79 bits per heavy atom. The van der Waals surface area contributed by atoms with Gasteiger partial charge in [-0.25, -0.2) is 8.42 Å². The minimum absolute atomic E-state index is 0.110. The van der Waals surface area contributed by atoms with E-state index in [0.717, 1.165) is 11.8 Å². The predicted octanol–water partition coefficient (Wildman–Crippen LogP) is 4.23. The Morgan fingerprint density at radius 1 is 1.12 bits per heavy atom. The lowest BCUT2D eigenvalue weighted by molar-refractivity contribution is 0.0742. The molecule has 0 fully saturated rings. The van der Waals surface area contributed by atoms with Crippen molar-refractivity contribution < 1.29 is 13.2 Å². The zero-order chi connectivity index (χ0) is 18.1. The van der Waals surface area contributed by atoms with E-state index in [4.69, 9.17) is 23.2 Å². The molecule has 24 heavy (non-hydrogen) atoms. The molecular formula is C17H17Cl2NO3S. The topological polar surface area (TPSA) is 54.5 Å². The minimum atomic E-state index is -3.37. The molecule has 7 heteroatoms. The van der Waals surface area contributed by atoms with Gasteiger partial charge in [-0.15, -0.1) is 0 Å². The molecule has 0 heterocycles. The quantitative estimate of drug-likeness (QED) is 0.790. The normalized spacial score (nSPS) is 12.7. The summed E-state index contributed by atoms with van der Waals surface area (Å²) in [5.74, 6) is -0.293. The number of benzene rings is 2. The second kappa shape index (κ2) is 7.13. The first-order chi connectivity index (χ1) is 11.1. The van der Waals surface area contributed by atoms with E-state index in [0.29, 0.717) is 15.6 Å². The van der Waals surface area contributed by atoms with Crippen molar-refractivity contribution in [2.45, 2.75) is 17.9 Å². The van der Waals surface area contributed by atoms with Gasteiger partial charge in [-0.3, -0.25) is 4.79 Å². The van der Waals surface area contributed by atoms with Crippen molar-refractivity contribution in [2.75, 3.05) is 13.3 Å². The summed E-state index contributed by atoms with van der Waals surface area (Å²) in [6.45, 7) is 1.84. The van der Waals surface area contributed by atoms with E-state index in [9.17, 15) is 13.2 Å². The van der Waals surface area contributed by atoms with E-state index in [-0.39, 0.29) is 16.8 Å². The number of nitrogens with zero attached hydrogens (tertiary/aromatic N) is 1. The van der Waals surface area contributed by atoms with Crippen molar-refractivity contribution in [3.05, 3.63) is 63.6 Å². The largest absolute Gasteiger partial charge is 0.335 e. The van der Waals surface area contributed by atoms with Gasteiger partial charge in [0.25, 0.3) is 5.91 Å². The van der Waals surface area contributed by atoms with Gasteiger partial charge in [-0.2, -0.15) is 0 Å². The van der Waals surface area contributed by atoms with Crippen molar-refractivity contribution in [1.82, 2.24) is 4.90 Å². The van der Waals surface area contributed by atoms with Crippen LogP contribution < -0.4 is 0 Å². The lowest BCUT2D eigenvalue weighted by atomic mass is 10.1. The smallest absolute Gasteiger partial charge is 0.254 e. The molecule has 0 aliphatic rings. The van der Waals surface area contributed by atoms with Crippen LogP contribution in [0.2, 0.25) is 10.0 Å². The molecule has 0 aliphatic heterocycles.